The number of nitrogens with two attached hydrogens (primary N) is 1. The van der Waals surface area contributed by atoms with Crippen molar-refractivity contribution in [1.29, 1.82) is 0 Å². The van der Waals surface area contributed by atoms with Crippen molar-refractivity contribution in [2.45, 2.75) is 38.8 Å². The first-order valence-electron chi connectivity index (χ1n) is 11.1. The maximum atomic E-state index is 6.00. The molecule has 32 heavy (non-hydrogen) atoms. The number of benzene rings is 2. The maximum absolute atomic E-state index is 6.00. The lowest BCUT2D eigenvalue weighted by Crippen LogP contribution is -2.24. The van der Waals surface area contributed by atoms with E-state index in [1.807, 2.05) is 30.3 Å². The van der Waals surface area contributed by atoms with Crippen LogP contribution in [0.1, 0.15) is 42.3 Å². The van der Waals surface area contributed by atoms with E-state index in [0.717, 1.165) is 43.0 Å². The van der Waals surface area contributed by atoms with Crippen molar-refractivity contribution in [3.63, 3.8) is 0 Å². The largest absolute Gasteiger partial charge is 0.490 e. The van der Waals surface area contributed by atoms with Crippen molar-refractivity contribution in [2.24, 2.45) is 0 Å². The minimum absolute atomic E-state index is 0.218. The molecule has 8 heteroatoms. The average molecular weight is 433 g/mol. The molecule has 2 aliphatic rings. The molecule has 0 radical (unpaired) electrons. The number of anilines is 3. The van der Waals surface area contributed by atoms with Gasteiger partial charge >= 0.3 is 0 Å². The van der Waals surface area contributed by atoms with Crippen LogP contribution in [0, 0.1) is 6.92 Å². The van der Waals surface area contributed by atoms with Crippen LogP contribution < -0.4 is 20.5 Å². The fourth-order valence-corrected chi connectivity index (χ4v) is 4.29. The van der Waals surface area contributed by atoms with Crippen molar-refractivity contribution in [2.75, 3.05) is 30.8 Å². The number of aryl methyl sites for hydroxylation is 1. The van der Waals surface area contributed by atoms with Crippen molar-refractivity contribution in [3.05, 3.63) is 59.4 Å². The molecule has 0 amide bonds. The highest BCUT2D eigenvalue weighted by atomic mass is 16.5. The lowest BCUT2D eigenvalue weighted by molar-refractivity contribution is 0.241. The molecule has 0 spiro atoms. The molecule has 1 atom stereocenters. The number of hydrogen-bond acceptors (Lipinski definition) is 8. The van der Waals surface area contributed by atoms with Gasteiger partial charge in [0, 0.05) is 18.2 Å². The lowest BCUT2D eigenvalue weighted by atomic mass is 10.0. The molecule has 5 rings (SSSR count). The van der Waals surface area contributed by atoms with Gasteiger partial charge in [-0.05, 0) is 56.1 Å². The van der Waals surface area contributed by atoms with Crippen molar-refractivity contribution in [3.8, 4) is 11.5 Å². The third-order valence-corrected chi connectivity index (χ3v) is 5.87. The molecule has 0 bridgehead atoms. The summed E-state index contributed by atoms with van der Waals surface area (Å²) < 4.78 is 11.7. The summed E-state index contributed by atoms with van der Waals surface area (Å²) in [5, 5.41) is 3.23. The van der Waals surface area contributed by atoms with Gasteiger partial charge in [0.2, 0.25) is 11.9 Å². The first-order valence-corrected chi connectivity index (χ1v) is 11.1. The van der Waals surface area contributed by atoms with Crippen LogP contribution in [-0.2, 0) is 6.54 Å². The van der Waals surface area contributed by atoms with Crippen LogP contribution >= 0.6 is 0 Å². The Bertz CT molecular complexity index is 1090. The van der Waals surface area contributed by atoms with E-state index in [-0.39, 0.29) is 12.0 Å². The highest BCUT2D eigenvalue weighted by Gasteiger charge is 2.28. The van der Waals surface area contributed by atoms with Gasteiger partial charge in [0.25, 0.3) is 0 Å². The van der Waals surface area contributed by atoms with E-state index >= 15 is 0 Å². The number of fused-ring (bicyclic) bond motifs is 1. The second kappa shape index (κ2) is 9.00. The SMILES string of the molecule is Cc1ccc(Nc2nc(N)nc(CN3CCC[C@H]3c3ccc4c(c3)OCCCO4)n2)cc1. The Morgan fingerprint density at radius 3 is 2.66 bits per heavy atom. The zero-order chi connectivity index (χ0) is 21.9. The van der Waals surface area contributed by atoms with Gasteiger partial charge in [0.15, 0.2) is 11.5 Å². The Labute approximate surface area is 187 Å². The smallest absolute Gasteiger partial charge is 0.232 e. The third-order valence-electron chi connectivity index (χ3n) is 5.87. The Kier molecular flexibility index (Phi) is 5.77. The normalized spacial score (nSPS) is 18.3. The molecule has 3 heterocycles. The quantitative estimate of drug-likeness (QED) is 0.624. The minimum Gasteiger partial charge on any atom is -0.490 e. The second-order valence-corrected chi connectivity index (χ2v) is 8.31. The lowest BCUT2D eigenvalue weighted by Gasteiger charge is -2.25. The number of nitrogens with one attached hydrogen (secondary N) is 1. The maximum Gasteiger partial charge on any atom is 0.232 e. The van der Waals surface area contributed by atoms with Crippen LogP contribution in [0.3, 0.4) is 0 Å². The van der Waals surface area contributed by atoms with E-state index in [9.17, 15) is 0 Å². The van der Waals surface area contributed by atoms with E-state index in [0.29, 0.717) is 31.5 Å². The standard InChI is InChI=1S/C24H28N6O2/c1-16-5-8-18(9-6-16)26-24-28-22(27-23(25)29-24)15-30-11-2-4-19(30)17-7-10-20-21(14-17)32-13-3-12-31-20/h5-10,14,19H,2-4,11-13,15H2,1H3,(H3,25,26,27,28,29)/t19-/m0/s1. The van der Waals surface area contributed by atoms with Crippen molar-refractivity contribution >= 4 is 17.6 Å². The van der Waals surface area contributed by atoms with Gasteiger partial charge in [0.1, 0.15) is 5.82 Å². The third kappa shape index (κ3) is 4.60. The topological polar surface area (TPSA) is 98.4 Å². The summed E-state index contributed by atoms with van der Waals surface area (Å²) in [6, 6.07) is 14.6. The molecule has 1 fully saturated rings. The summed E-state index contributed by atoms with van der Waals surface area (Å²) in [5.74, 6) is 3.00. The van der Waals surface area contributed by atoms with Crippen LogP contribution in [-0.4, -0.2) is 39.6 Å². The van der Waals surface area contributed by atoms with Crippen LogP contribution in [0.5, 0.6) is 11.5 Å². The molecule has 3 aromatic rings. The van der Waals surface area contributed by atoms with Gasteiger partial charge in [0.05, 0.1) is 19.8 Å². The summed E-state index contributed by atoms with van der Waals surface area (Å²) in [6.45, 7) is 5.02. The first kappa shape index (κ1) is 20.5. The van der Waals surface area contributed by atoms with Gasteiger partial charge in [-0.3, -0.25) is 4.90 Å². The van der Waals surface area contributed by atoms with Crippen molar-refractivity contribution < 1.29 is 9.47 Å². The Hall–Kier alpha value is -3.39. The van der Waals surface area contributed by atoms with Crippen LogP contribution in [0.2, 0.25) is 0 Å². The zero-order valence-corrected chi connectivity index (χ0v) is 18.3. The molecule has 1 saturated heterocycles. The van der Waals surface area contributed by atoms with E-state index in [1.165, 1.54) is 11.1 Å². The highest BCUT2D eigenvalue weighted by molar-refractivity contribution is 5.54. The summed E-state index contributed by atoms with van der Waals surface area (Å²) in [7, 11) is 0. The van der Waals surface area contributed by atoms with Crippen LogP contribution in [0.15, 0.2) is 42.5 Å². The molecule has 166 valence electrons. The number of nitrogen functional groups attached to an aromatic ring is 1. The monoisotopic (exact) mass is 432 g/mol. The molecular weight excluding hydrogens is 404 g/mol. The average Bonchev–Trinajstić information content (AvgIpc) is 3.10. The van der Waals surface area contributed by atoms with Crippen LogP contribution in [0.25, 0.3) is 0 Å². The van der Waals surface area contributed by atoms with Gasteiger partial charge < -0.3 is 20.5 Å². The summed E-state index contributed by atoms with van der Waals surface area (Å²) in [5.41, 5.74) is 9.34. The van der Waals surface area contributed by atoms with E-state index < -0.39 is 0 Å². The molecule has 0 aliphatic carbocycles. The summed E-state index contributed by atoms with van der Waals surface area (Å²) in [6.07, 6.45) is 3.10. The van der Waals surface area contributed by atoms with E-state index in [4.69, 9.17) is 15.2 Å². The Balaban J connectivity index is 1.33. The fraction of sp³-hybridized carbons (Fsp3) is 0.375. The predicted octanol–water partition coefficient (Wildman–Crippen LogP) is 4.00. The van der Waals surface area contributed by atoms with Gasteiger partial charge in [-0.25, -0.2) is 0 Å². The molecule has 1 aromatic heterocycles. The summed E-state index contributed by atoms with van der Waals surface area (Å²) in [4.78, 5) is 15.7. The number of ether oxygens (including phenoxy) is 2. The van der Waals surface area contributed by atoms with Gasteiger partial charge in [-0.15, -0.1) is 0 Å². The van der Waals surface area contributed by atoms with E-state index in [2.05, 4.69) is 44.2 Å². The second-order valence-electron chi connectivity index (χ2n) is 8.31. The van der Waals surface area contributed by atoms with Gasteiger partial charge in [-0.2, -0.15) is 15.0 Å². The fourth-order valence-electron chi connectivity index (χ4n) is 4.29. The number of aromatic nitrogens is 3. The molecule has 8 nitrogen and oxygen atoms in total. The number of likely N-dealkylation sites (tertiary alicyclic amines) is 1. The van der Waals surface area contributed by atoms with Crippen LogP contribution in [0.4, 0.5) is 17.6 Å². The predicted molar refractivity (Wildman–Crippen MR) is 123 cm³/mol. The number of nitrogens with zero attached hydrogens (tertiary/aromatic N) is 4. The molecular formula is C24H28N6O2. The first-order chi connectivity index (χ1) is 15.6. The molecule has 2 aromatic carbocycles. The zero-order valence-electron chi connectivity index (χ0n) is 18.3. The molecule has 0 saturated carbocycles. The molecule has 0 unspecified atom stereocenters. The molecule has 2 aliphatic heterocycles. The number of hydrogen-bond donors (Lipinski definition) is 2. The Morgan fingerprint density at radius 2 is 1.81 bits per heavy atom. The van der Waals surface area contributed by atoms with Crippen molar-refractivity contribution in [1.82, 2.24) is 19.9 Å². The minimum atomic E-state index is 0.218. The Morgan fingerprint density at radius 1 is 1.00 bits per heavy atom. The number of rotatable bonds is 5. The van der Waals surface area contributed by atoms with Gasteiger partial charge in [-0.1, -0.05) is 23.8 Å². The highest BCUT2D eigenvalue weighted by Crippen LogP contribution is 2.38. The van der Waals surface area contributed by atoms with E-state index in [1.54, 1.807) is 0 Å². The summed E-state index contributed by atoms with van der Waals surface area (Å²) >= 11 is 0. The molecule has 3 N–H and O–H groups in total.